The number of carbonyl (C=O) groups excluding carboxylic acids is 1. The van der Waals surface area contributed by atoms with E-state index in [1.165, 1.54) is 12.1 Å². The molecule has 1 amide bonds. The third-order valence-corrected chi connectivity index (χ3v) is 5.03. The van der Waals surface area contributed by atoms with E-state index in [0.29, 0.717) is 50.3 Å². The summed E-state index contributed by atoms with van der Waals surface area (Å²) in [5, 5.41) is 6.33. The van der Waals surface area contributed by atoms with Gasteiger partial charge >= 0.3 is 0 Å². The zero-order chi connectivity index (χ0) is 22.8. The molecule has 2 N–H and O–H groups in total. The summed E-state index contributed by atoms with van der Waals surface area (Å²) in [6, 6.07) is 7.71. The molecule has 3 rings (SSSR count). The molecule has 1 aliphatic rings. The van der Waals surface area contributed by atoms with Gasteiger partial charge in [0.2, 0.25) is 11.9 Å². The van der Waals surface area contributed by atoms with Gasteiger partial charge < -0.3 is 25.2 Å². The van der Waals surface area contributed by atoms with Crippen LogP contribution in [-0.2, 0) is 4.79 Å². The van der Waals surface area contributed by atoms with Gasteiger partial charge in [-0.15, -0.1) is 24.0 Å². The van der Waals surface area contributed by atoms with E-state index in [1.54, 1.807) is 37.6 Å². The van der Waals surface area contributed by atoms with E-state index < -0.39 is 0 Å². The predicted molar refractivity (Wildman–Crippen MR) is 137 cm³/mol. The molecule has 0 bridgehead atoms. The number of hydrogen-bond acceptors (Lipinski definition) is 6. The fourth-order valence-corrected chi connectivity index (χ4v) is 3.30. The molecule has 9 nitrogen and oxygen atoms in total. The van der Waals surface area contributed by atoms with Crippen molar-refractivity contribution in [2.45, 2.75) is 19.4 Å². The van der Waals surface area contributed by atoms with Crippen LogP contribution < -0.4 is 20.3 Å². The average molecular weight is 571 g/mol. The number of nitrogens with zero attached hydrogens (tertiary/aromatic N) is 5. The van der Waals surface area contributed by atoms with Crippen LogP contribution in [0.4, 0.5) is 10.3 Å². The summed E-state index contributed by atoms with van der Waals surface area (Å²) in [6.07, 6.45) is 3.68. The number of halogens is 2. The van der Waals surface area contributed by atoms with E-state index in [-0.39, 0.29) is 41.8 Å². The Kier molecular flexibility index (Phi) is 11.1. The standard InChI is InChI=1S/C22H30FN7O2.HI/c1-17(32-19-6-4-18(23)5-7-19)16-28-21(24-2)25-11-8-20(31)29-12-14-30(15-13-29)22-26-9-3-10-27-22;/h3-7,9-10,17H,8,11-16H2,1-2H3,(H2,24,25,28);1H. The molecule has 33 heavy (non-hydrogen) atoms. The Balaban J connectivity index is 0.00000385. The summed E-state index contributed by atoms with van der Waals surface area (Å²) in [7, 11) is 1.67. The Morgan fingerprint density at radius 1 is 1.15 bits per heavy atom. The number of anilines is 1. The molecule has 1 aromatic heterocycles. The van der Waals surface area contributed by atoms with Gasteiger partial charge in [0, 0.05) is 58.6 Å². The fourth-order valence-electron chi connectivity index (χ4n) is 3.30. The number of aromatic nitrogens is 2. The number of amides is 1. The third kappa shape index (κ3) is 8.63. The second kappa shape index (κ2) is 13.8. The number of guanidine groups is 1. The summed E-state index contributed by atoms with van der Waals surface area (Å²) in [4.78, 5) is 29.2. The lowest BCUT2D eigenvalue weighted by Crippen LogP contribution is -2.50. The maximum atomic E-state index is 13.0. The highest BCUT2D eigenvalue weighted by Crippen LogP contribution is 2.13. The molecule has 180 valence electrons. The molecule has 0 saturated carbocycles. The highest BCUT2D eigenvalue weighted by atomic mass is 127. The van der Waals surface area contributed by atoms with E-state index in [4.69, 9.17) is 4.74 Å². The molecule has 1 unspecified atom stereocenters. The van der Waals surface area contributed by atoms with E-state index in [9.17, 15) is 9.18 Å². The van der Waals surface area contributed by atoms with E-state index in [0.717, 1.165) is 13.1 Å². The number of rotatable bonds is 8. The first-order chi connectivity index (χ1) is 15.5. The maximum absolute atomic E-state index is 13.0. The Morgan fingerprint density at radius 2 is 1.82 bits per heavy atom. The molecule has 0 radical (unpaired) electrons. The van der Waals surface area contributed by atoms with Gasteiger partial charge in [0.15, 0.2) is 5.96 Å². The molecule has 11 heteroatoms. The van der Waals surface area contributed by atoms with E-state index >= 15 is 0 Å². The third-order valence-electron chi connectivity index (χ3n) is 5.03. The number of nitrogens with one attached hydrogen (secondary N) is 2. The number of carbonyl (C=O) groups is 1. The quantitative estimate of drug-likeness (QED) is 0.284. The van der Waals surface area contributed by atoms with Crippen LogP contribution in [0.5, 0.6) is 5.75 Å². The van der Waals surface area contributed by atoms with Crippen molar-refractivity contribution in [1.29, 1.82) is 0 Å². The Bertz CT molecular complexity index is 878. The highest BCUT2D eigenvalue weighted by Gasteiger charge is 2.22. The first-order valence-electron chi connectivity index (χ1n) is 10.7. The van der Waals surface area contributed by atoms with Crippen LogP contribution in [0.2, 0.25) is 0 Å². The lowest BCUT2D eigenvalue weighted by atomic mass is 10.3. The van der Waals surface area contributed by atoms with Crippen molar-refractivity contribution in [2.24, 2.45) is 4.99 Å². The maximum Gasteiger partial charge on any atom is 0.225 e. The number of ether oxygens (including phenoxy) is 1. The van der Waals surface area contributed by atoms with Gasteiger partial charge in [0.1, 0.15) is 17.7 Å². The minimum absolute atomic E-state index is 0. The molecule has 2 heterocycles. The zero-order valence-electron chi connectivity index (χ0n) is 18.9. The van der Waals surface area contributed by atoms with Gasteiger partial charge in [-0.3, -0.25) is 9.79 Å². The molecular formula is C22H31FIN7O2. The van der Waals surface area contributed by atoms with Gasteiger partial charge in [-0.1, -0.05) is 0 Å². The molecule has 1 aliphatic heterocycles. The smallest absolute Gasteiger partial charge is 0.225 e. The van der Waals surface area contributed by atoms with Crippen LogP contribution >= 0.6 is 24.0 Å². The lowest BCUT2D eigenvalue weighted by molar-refractivity contribution is -0.131. The van der Waals surface area contributed by atoms with E-state index in [2.05, 4.69) is 30.5 Å². The summed E-state index contributed by atoms with van der Waals surface area (Å²) >= 11 is 0. The second-order valence-corrected chi connectivity index (χ2v) is 7.43. The molecular weight excluding hydrogens is 540 g/mol. The van der Waals surface area contributed by atoms with Crippen LogP contribution in [0.1, 0.15) is 13.3 Å². The van der Waals surface area contributed by atoms with Crippen LogP contribution in [0, 0.1) is 5.82 Å². The average Bonchev–Trinajstić information content (AvgIpc) is 2.83. The topological polar surface area (TPSA) is 95.0 Å². The summed E-state index contributed by atoms with van der Waals surface area (Å²) < 4.78 is 18.7. The summed E-state index contributed by atoms with van der Waals surface area (Å²) in [5.74, 6) is 1.71. The van der Waals surface area contributed by atoms with Crippen LogP contribution in [0.15, 0.2) is 47.7 Å². The van der Waals surface area contributed by atoms with Crippen LogP contribution in [-0.4, -0.2) is 79.2 Å². The minimum atomic E-state index is -0.297. The van der Waals surface area contributed by atoms with Gasteiger partial charge in [0.25, 0.3) is 0 Å². The first-order valence-corrected chi connectivity index (χ1v) is 10.7. The van der Waals surface area contributed by atoms with Crippen LogP contribution in [0.25, 0.3) is 0 Å². The number of benzene rings is 1. The SMILES string of the molecule is CN=C(NCCC(=O)N1CCN(c2ncccn2)CC1)NCC(C)Oc1ccc(F)cc1.I. The number of piperazine rings is 1. The van der Waals surface area contributed by atoms with Crippen molar-refractivity contribution < 1.29 is 13.9 Å². The van der Waals surface area contributed by atoms with Crippen molar-refractivity contribution >= 4 is 41.8 Å². The fraction of sp³-hybridized carbons (Fsp3) is 0.455. The minimum Gasteiger partial charge on any atom is -0.489 e. The van der Waals surface area contributed by atoms with Crippen molar-refractivity contribution in [3.8, 4) is 5.75 Å². The molecule has 1 saturated heterocycles. The molecule has 1 atom stereocenters. The van der Waals surface area contributed by atoms with E-state index in [1.807, 2.05) is 11.8 Å². The Labute approximate surface area is 210 Å². The van der Waals surface area contributed by atoms with Gasteiger partial charge in [-0.05, 0) is 37.3 Å². The van der Waals surface area contributed by atoms with Crippen molar-refractivity contribution in [1.82, 2.24) is 25.5 Å². The molecule has 1 aromatic carbocycles. The predicted octanol–water partition coefficient (Wildman–Crippen LogP) is 1.90. The highest BCUT2D eigenvalue weighted by molar-refractivity contribution is 14.0. The van der Waals surface area contributed by atoms with Crippen molar-refractivity contribution in [2.75, 3.05) is 51.2 Å². The summed E-state index contributed by atoms with van der Waals surface area (Å²) in [5.41, 5.74) is 0. The van der Waals surface area contributed by atoms with Gasteiger partial charge in [-0.25, -0.2) is 14.4 Å². The normalized spacial score (nSPS) is 14.8. The van der Waals surface area contributed by atoms with Gasteiger partial charge in [0.05, 0.1) is 6.54 Å². The molecule has 0 aliphatic carbocycles. The molecule has 1 fully saturated rings. The summed E-state index contributed by atoms with van der Waals surface area (Å²) in [6.45, 7) is 5.65. The monoisotopic (exact) mass is 571 g/mol. The van der Waals surface area contributed by atoms with Crippen LogP contribution in [0.3, 0.4) is 0 Å². The van der Waals surface area contributed by atoms with Crippen molar-refractivity contribution in [3.05, 3.63) is 48.5 Å². The Morgan fingerprint density at radius 3 is 2.45 bits per heavy atom. The largest absolute Gasteiger partial charge is 0.489 e. The first kappa shape index (κ1) is 26.6. The lowest BCUT2D eigenvalue weighted by Gasteiger charge is -2.34. The number of hydrogen-bond donors (Lipinski definition) is 2. The second-order valence-electron chi connectivity index (χ2n) is 7.43. The number of aliphatic imine (C=N–C) groups is 1. The molecule has 0 spiro atoms. The van der Waals surface area contributed by atoms with Crippen molar-refractivity contribution in [3.63, 3.8) is 0 Å². The van der Waals surface area contributed by atoms with Gasteiger partial charge in [-0.2, -0.15) is 0 Å². The Hall–Kier alpha value is -2.70. The zero-order valence-corrected chi connectivity index (χ0v) is 21.2. The molecule has 2 aromatic rings.